The van der Waals surface area contributed by atoms with E-state index in [0.29, 0.717) is 11.5 Å². The summed E-state index contributed by atoms with van der Waals surface area (Å²) in [6.45, 7) is 6.01. The molecule has 21 heavy (non-hydrogen) atoms. The number of hydrogen-bond donors (Lipinski definition) is 1. The standard InChI is InChI=1S/C17H20N2O2/c1-9-7-10(2)14(17(20)21-4)8-13(9)15-11(3)18-16(19-15)12-5-6-12/h7-8,12H,5-6H2,1-4H3,(H,18,19). The van der Waals surface area contributed by atoms with Crippen LogP contribution in [0.4, 0.5) is 0 Å². The van der Waals surface area contributed by atoms with Gasteiger partial charge in [0.15, 0.2) is 0 Å². The highest BCUT2D eigenvalue weighted by Crippen LogP contribution is 2.40. The fourth-order valence-electron chi connectivity index (χ4n) is 2.73. The van der Waals surface area contributed by atoms with Gasteiger partial charge in [0.25, 0.3) is 0 Å². The average molecular weight is 284 g/mol. The molecule has 4 heteroatoms. The summed E-state index contributed by atoms with van der Waals surface area (Å²) in [6.07, 6.45) is 2.43. The number of ether oxygens (including phenoxy) is 1. The monoisotopic (exact) mass is 284 g/mol. The minimum atomic E-state index is -0.302. The molecule has 0 saturated heterocycles. The van der Waals surface area contributed by atoms with E-state index in [2.05, 4.69) is 4.98 Å². The maximum absolute atomic E-state index is 11.9. The molecule has 4 nitrogen and oxygen atoms in total. The van der Waals surface area contributed by atoms with Gasteiger partial charge in [0.1, 0.15) is 5.82 Å². The molecule has 0 bridgehead atoms. The Balaban J connectivity index is 2.11. The first kappa shape index (κ1) is 13.9. The van der Waals surface area contributed by atoms with E-state index in [9.17, 15) is 4.79 Å². The number of rotatable bonds is 3. The molecule has 1 heterocycles. The van der Waals surface area contributed by atoms with Gasteiger partial charge in [-0.25, -0.2) is 9.78 Å². The third-order valence-electron chi connectivity index (χ3n) is 4.10. The van der Waals surface area contributed by atoms with Crippen LogP contribution in [-0.2, 0) is 4.74 Å². The molecule has 1 fully saturated rings. The zero-order valence-electron chi connectivity index (χ0n) is 12.9. The van der Waals surface area contributed by atoms with Crippen LogP contribution < -0.4 is 0 Å². The highest BCUT2D eigenvalue weighted by molar-refractivity contribution is 5.93. The molecule has 0 radical (unpaired) electrons. The van der Waals surface area contributed by atoms with E-state index in [1.165, 1.54) is 20.0 Å². The summed E-state index contributed by atoms with van der Waals surface area (Å²) in [5.41, 5.74) is 5.66. The van der Waals surface area contributed by atoms with Crippen LogP contribution in [0.15, 0.2) is 12.1 Å². The maximum atomic E-state index is 11.9. The number of nitrogens with zero attached hydrogens (tertiary/aromatic N) is 1. The third kappa shape index (κ3) is 2.46. The van der Waals surface area contributed by atoms with E-state index in [1.807, 2.05) is 32.9 Å². The molecule has 2 aromatic rings. The van der Waals surface area contributed by atoms with Gasteiger partial charge in [0.2, 0.25) is 0 Å². The van der Waals surface area contributed by atoms with Crippen molar-refractivity contribution in [2.45, 2.75) is 39.5 Å². The Hall–Kier alpha value is -2.10. The molecule has 0 spiro atoms. The van der Waals surface area contributed by atoms with Crippen molar-refractivity contribution in [2.75, 3.05) is 7.11 Å². The topological polar surface area (TPSA) is 55.0 Å². The van der Waals surface area contributed by atoms with Gasteiger partial charge < -0.3 is 9.72 Å². The van der Waals surface area contributed by atoms with Crippen LogP contribution in [0.25, 0.3) is 11.3 Å². The number of hydrogen-bond acceptors (Lipinski definition) is 3. The van der Waals surface area contributed by atoms with Crippen LogP contribution in [0.1, 0.15) is 51.8 Å². The highest BCUT2D eigenvalue weighted by Gasteiger charge is 2.28. The smallest absolute Gasteiger partial charge is 0.338 e. The lowest BCUT2D eigenvalue weighted by Gasteiger charge is -2.10. The number of nitrogens with one attached hydrogen (secondary N) is 1. The Kier molecular flexibility index (Phi) is 3.32. The number of carbonyl (C=O) groups is 1. The highest BCUT2D eigenvalue weighted by atomic mass is 16.5. The molecule has 0 amide bonds. The second-order valence-electron chi connectivity index (χ2n) is 5.84. The van der Waals surface area contributed by atoms with Crippen LogP contribution in [0, 0.1) is 20.8 Å². The number of carbonyl (C=O) groups excluding carboxylic acids is 1. The van der Waals surface area contributed by atoms with E-state index in [-0.39, 0.29) is 5.97 Å². The lowest BCUT2D eigenvalue weighted by Crippen LogP contribution is -2.05. The molecule has 1 aliphatic rings. The second kappa shape index (κ2) is 5.02. The van der Waals surface area contributed by atoms with Crippen LogP contribution >= 0.6 is 0 Å². The Morgan fingerprint density at radius 1 is 1.24 bits per heavy atom. The van der Waals surface area contributed by atoms with Crippen molar-refractivity contribution in [1.29, 1.82) is 0 Å². The molecular weight excluding hydrogens is 264 g/mol. The third-order valence-corrected chi connectivity index (χ3v) is 4.10. The predicted octanol–water partition coefficient (Wildman–Crippen LogP) is 3.67. The van der Waals surface area contributed by atoms with E-state index < -0.39 is 0 Å². The summed E-state index contributed by atoms with van der Waals surface area (Å²) in [5, 5.41) is 0. The van der Waals surface area contributed by atoms with Crippen molar-refractivity contribution in [3.8, 4) is 11.3 Å². The fraction of sp³-hybridized carbons (Fsp3) is 0.412. The lowest BCUT2D eigenvalue weighted by molar-refractivity contribution is 0.0600. The predicted molar refractivity (Wildman–Crippen MR) is 81.5 cm³/mol. The van der Waals surface area contributed by atoms with Crippen LogP contribution in [-0.4, -0.2) is 23.0 Å². The Morgan fingerprint density at radius 2 is 1.95 bits per heavy atom. The maximum Gasteiger partial charge on any atom is 0.338 e. The van der Waals surface area contributed by atoms with Gasteiger partial charge in [-0.3, -0.25) is 0 Å². The molecule has 1 aromatic carbocycles. The number of benzene rings is 1. The fourth-order valence-corrected chi connectivity index (χ4v) is 2.73. The molecule has 1 aromatic heterocycles. The van der Waals surface area contributed by atoms with Gasteiger partial charge in [-0.15, -0.1) is 0 Å². The Morgan fingerprint density at radius 3 is 2.57 bits per heavy atom. The van der Waals surface area contributed by atoms with Crippen molar-refractivity contribution in [3.63, 3.8) is 0 Å². The quantitative estimate of drug-likeness (QED) is 0.875. The number of aromatic amines is 1. The minimum absolute atomic E-state index is 0.302. The molecule has 0 atom stereocenters. The molecule has 110 valence electrons. The molecule has 3 rings (SSSR count). The minimum Gasteiger partial charge on any atom is -0.465 e. The van der Waals surface area contributed by atoms with Crippen LogP contribution in [0.2, 0.25) is 0 Å². The first-order valence-corrected chi connectivity index (χ1v) is 7.27. The van der Waals surface area contributed by atoms with Crippen molar-refractivity contribution in [1.82, 2.24) is 9.97 Å². The summed E-state index contributed by atoms with van der Waals surface area (Å²) in [4.78, 5) is 20.0. The first-order valence-electron chi connectivity index (χ1n) is 7.27. The van der Waals surface area contributed by atoms with Crippen molar-refractivity contribution in [3.05, 3.63) is 40.3 Å². The number of methoxy groups -OCH3 is 1. The molecule has 0 aliphatic heterocycles. The van der Waals surface area contributed by atoms with Crippen molar-refractivity contribution in [2.24, 2.45) is 0 Å². The number of aromatic nitrogens is 2. The number of aryl methyl sites for hydroxylation is 3. The summed E-state index contributed by atoms with van der Waals surface area (Å²) in [5.74, 6) is 1.36. The summed E-state index contributed by atoms with van der Waals surface area (Å²) in [7, 11) is 1.41. The van der Waals surface area contributed by atoms with Gasteiger partial charge >= 0.3 is 5.97 Å². The molecule has 1 aliphatic carbocycles. The zero-order valence-corrected chi connectivity index (χ0v) is 12.9. The first-order chi connectivity index (χ1) is 10.0. The van der Waals surface area contributed by atoms with E-state index >= 15 is 0 Å². The molecule has 1 saturated carbocycles. The van der Waals surface area contributed by atoms with E-state index in [1.54, 1.807) is 0 Å². The summed E-state index contributed by atoms with van der Waals surface area (Å²) >= 11 is 0. The average Bonchev–Trinajstić information content (AvgIpc) is 3.22. The van der Waals surface area contributed by atoms with Gasteiger partial charge in [-0.1, -0.05) is 6.07 Å². The SMILES string of the molecule is COC(=O)c1cc(-c2nc(C3CC3)[nH]c2C)c(C)cc1C. The molecule has 0 unspecified atom stereocenters. The zero-order chi connectivity index (χ0) is 15.1. The summed E-state index contributed by atoms with van der Waals surface area (Å²) < 4.78 is 4.86. The molecular formula is C17H20N2O2. The second-order valence-corrected chi connectivity index (χ2v) is 5.84. The largest absolute Gasteiger partial charge is 0.465 e. The van der Waals surface area contributed by atoms with E-state index in [0.717, 1.165) is 33.9 Å². The normalized spacial score (nSPS) is 14.3. The molecule has 1 N–H and O–H groups in total. The van der Waals surface area contributed by atoms with Crippen molar-refractivity contribution < 1.29 is 9.53 Å². The van der Waals surface area contributed by atoms with Gasteiger partial charge in [-0.2, -0.15) is 0 Å². The number of imidazole rings is 1. The van der Waals surface area contributed by atoms with Crippen molar-refractivity contribution >= 4 is 5.97 Å². The summed E-state index contributed by atoms with van der Waals surface area (Å²) in [6, 6.07) is 3.92. The lowest BCUT2D eigenvalue weighted by atomic mass is 9.97. The van der Waals surface area contributed by atoms with Crippen LogP contribution in [0.5, 0.6) is 0 Å². The van der Waals surface area contributed by atoms with E-state index in [4.69, 9.17) is 9.72 Å². The van der Waals surface area contributed by atoms with Gasteiger partial charge in [-0.05, 0) is 50.8 Å². The van der Waals surface area contributed by atoms with Gasteiger partial charge in [0, 0.05) is 17.2 Å². The van der Waals surface area contributed by atoms with Gasteiger partial charge in [0.05, 0.1) is 18.4 Å². The number of H-pyrrole nitrogens is 1. The van der Waals surface area contributed by atoms with Crippen LogP contribution in [0.3, 0.4) is 0 Å². The Labute approximate surface area is 124 Å². The Bertz CT molecular complexity index is 712. The number of esters is 1.